The number of ether oxygens (including phenoxy) is 2. The van der Waals surface area contributed by atoms with Gasteiger partial charge in [0.05, 0.1) is 0 Å². The highest BCUT2D eigenvalue weighted by Gasteiger charge is 2.40. The molecule has 0 radical (unpaired) electrons. The Bertz CT molecular complexity index is 589. The first-order valence-corrected chi connectivity index (χ1v) is 9.21. The summed E-state index contributed by atoms with van der Waals surface area (Å²) in [6.07, 6.45) is 4.43. The van der Waals surface area contributed by atoms with Crippen LogP contribution in [0.5, 0.6) is 0 Å². The first-order valence-electron chi connectivity index (χ1n) is 9.21. The zero-order chi connectivity index (χ0) is 17.8. The van der Waals surface area contributed by atoms with Gasteiger partial charge in [0.2, 0.25) is 0 Å². The van der Waals surface area contributed by atoms with Crippen molar-refractivity contribution in [3.8, 4) is 0 Å². The van der Waals surface area contributed by atoms with Crippen LogP contribution < -0.4 is 0 Å². The fraction of sp³-hybridized carbons (Fsp3) is 0.600. The van der Waals surface area contributed by atoms with E-state index in [1.165, 1.54) is 12.8 Å². The Morgan fingerprint density at radius 1 is 1.16 bits per heavy atom. The van der Waals surface area contributed by atoms with E-state index in [4.69, 9.17) is 9.47 Å². The lowest BCUT2D eigenvalue weighted by molar-refractivity contribution is -0.157. The summed E-state index contributed by atoms with van der Waals surface area (Å²) in [7, 11) is 2.16. The van der Waals surface area contributed by atoms with E-state index in [1.807, 2.05) is 30.3 Å². The second-order valence-corrected chi connectivity index (χ2v) is 7.08. The average molecular weight is 345 g/mol. The third-order valence-corrected chi connectivity index (χ3v) is 5.52. The lowest BCUT2D eigenvalue weighted by Gasteiger charge is -2.36. The van der Waals surface area contributed by atoms with E-state index in [0.29, 0.717) is 18.5 Å². The summed E-state index contributed by atoms with van der Waals surface area (Å²) in [6.45, 7) is 1.78. The van der Waals surface area contributed by atoms with Crippen LogP contribution in [-0.4, -0.2) is 48.7 Å². The maximum Gasteiger partial charge on any atom is 0.317 e. The molecule has 2 saturated heterocycles. The fourth-order valence-corrected chi connectivity index (χ4v) is 3.97. The second kappa shape index (κ2) is 8.00. The molecule has 4 atom stereocenters. The number of esters is 2. The molecule has 0 aliphatic carbocycles. The maximum absolute atomic E-state index is 12.8. The van der Waals surface area contributed by atoms with Crippen molar-refractivity contribution >= 4 is 11.9 Å². The summed E-state index contributed by atoms with van der Waals surface area (Å²) in [4.78, 5) is 26.7. The van der Waals surface area contributed by atoms with Gasteiger partial charge >= 0.3 is 11.9 Å². The summed E-state index contributed by atoms with van der Waals surface area (Å²) in [5.74, 6) is -1.15. The van der Waals surface area contributed by atoms with Crippen LogP contribution in [0.2, 0.25) is 0 Å². The van der Waals surface area contributed by atoms with E-state index in [1.54, 1.807) is 6.92 Å². The van der Waals surface area contributed by atoms with Crippen LogP contribution in [0.4, 0.5) is 0 Å². The maximum atomic E-state index is 12.8. The molecule has 2 bridgehead atoms. The summed E-state index contributed by atoms with van der Waals surface area (Å²) in [5, 5.41) is 0. The van der Waals surface area contributed by atoms with Crippen molar-refractivity contribution in [2.75, 3.05) is 13.7 Å². The molecule has 0 amide bonds. The van der Waals surface area contributed by atoms with Crippen LogP contribution in [0.25, 0.3) is 0 Å². The van der Waals surface area contributed by atoms with Crippen molar-refractivity contribution in [3.05, 3.63) is 35.9 Å². The number of fused-ring (bicyclic) bond motifs is 2. The molecule has 1 aromatic rings. The van der Waals surface area contributed by atoms with Gasteiger partial charge in [-0.3, -0.25) is 9.59 Å². The lowest BCUT2D eigenvalue weighted by Crippen LogP contribution is -2.44. The highest BCUT2D eigenvalue weighted by molar-refractivity contribution is 5.79. The molecule has 2 aliphatic heterocycles. The molecule has 0 saturated carbocycles. The predicted molar refractivity (Wildman–Crippen MR) is 94.1 cm³/mol. The SMILES string of the molecule is CCC(=O)OCC(C(=O)O[C@H]1C[C@H]2CC[C@@H](C1)N2C)c1ccccc1. The molecule has 25 heavy (non-hydrogen) atoms. The first kappa shape index (κ1) is 17.9. The molecule has 5 nitrogen and oxygen atoms in total. The number of rotatable bonds is 6. The van der Waals surface area contributed by atoms with E-state index in [-0.39, 0.29) is 24.6 Å². The van der Waals surface area contributed by atoms with Gasteiger partial charge in [-0.2, -0.15) is 0 Å². The normalized spacial score (nSPS) is 26.9. The molecule has 2 fully saturated rings. The molecule has 2 heterocycles. The van der Waals surface area contributed by atoms with Gasteiger partial charge in [-0.05, 0) is 38.3 Å². The smallest absolute Gasteiger partial charge is 0.317 e. The van der Waals surface area contributed by atoms with Crippen molar-refractivity contribution in [2.45, 2.75) is 63.1 Å². The monoisotopic (exact) mass is 345 g/mol. The van der Waals surface area contributed by atoms with E-state index >= 15 is 0 Å². The standard InChI is InChI=1S/C20H27NO4/c1-3-19(22)24-13-18(14-7-5-4-6-8-14)20(23)25-17-11-15-9-10-16(12-17)21(15)2/h4-8,15-18H,3,9-13H2,1-2H3/t15-,16+,17+,18?. The molecule has 2 aliphatic rings. The van der Waals surface area contributed by atoms with Crippen LogP contribution in [0.3, 0.4) is 0 Å². The Hall–Kier alpha value is -1.88. The zero-order valence-corrected chi connectivity index (χ0v) is 15.0. The molecule has 3 rings (SSSR count). The fourth-order valence-electron chi connectivity index (χ4n) is 3.97. The minimum absolute atomic E-state index is 0.0331. The second-order valence-electron chi connectivity index (χ2n) is 7.08. The number of nitrogens with zero attached hydrogens (tertiary/aromatic N) is 1. The van der Waals surface area contributed by atoms with Gasteiger partial charge in [-0.1, -0.05) is 37.3 Å². The summed E-state index contributed by atoms with van der Waals surface area (Å²) >= 11 is 0. The molecule has 1 unspecified atom stereocenters. The highest BCUT2D eigenvalue weighted by Crippen LogP contribution is 2.36. The zero-order valence-electron chi connectivity index (χ0n) is 15.0. The number of piperidine rings is 1. The third kappa shape index (κ3) is 4.21. The van der Waals surface area contributed by atoms with E-state index in [2.05, 4.69) is 11.9 Å². The highest BCUT2D eigenvalue weighted by atomic mass is 16.6. The Morgan fingerprint density at radius 3 is 2.40 bits per heavy atom. The van der Waals surface area contributed by atoms with Gasteiger partial charge in [-0.15, -0.1) is 0 Å². The number of benzene rings is 1. The van der Waals surface area contributed by atoms with Gasteiger partial charge in [0.15, 0.2) is 0 Å². The van der Waals surface area contributed by atoms with Crippen LogP contribution in [0, 0.1) is 0 Å². The molecule has 5 heteroatoms. The van der Waals surface area contributed by atoms with E-state index < -0.39 is 5.92 Å². The Labute approximate surface area is 149 Å². The van der Waals surface area contributed by atoms with Crippen molar-refractivity contribution in [1.82, 2.24) is 4.90 Å². The minimum Gasteiger partial charge on any atom is -0.464 e. The average Bonchev–Trinajstić information content (AvgIpc) is 2.84. The van der Waals surface area contributed by atoms with Crippen molar-refractivity contribution in [1.29, 1.82) is 0 Å². The number of hydrogen-bond donors (Lipinski definition) is 0. The van der Waals surface area contributed by atoms with Gasteiger partial charge < -0.3 is 14.4 Å². The van der Waals surface area contributed by atoms with Crippen LogP contribution >= 0.6 is 0 Å². The topological polar surface area (TPSA) is 55.8 Å². The van der Waals surface area contributed by atoms with Gasteiger partial charge in [0.1, 0.15) is 18.6 Å². The van der Waals surface area contributed by atoms with Gasteiger partial charge in [0, 0.05) is 18.5 Å². The molecule has 0 aromatic heterocycles. The third-order valence-electron chi connectivity index (χ3n) is 5.52. The largest absolute Gasteiger partial charge is 0.464 e. The van der Waals surface area contributed by atoms with Crippen LogP contribution in [0.15, 0.2) is 30.3 Å². The van der Waals surface area contributed by atoms with Crippen LogP contribution in [-0.2, 0) is 19.1 Å². The van der Waals surface area contributed by atoms with Gasteiger partial charge in [-0.25, -0.2) is 0 Å². The minimum atomic E-state index is -0.561. The van der Waals surface area contributed by atoms with Crippen molar-refractivity contribution in [3.63, 3.8) is 0 Å². The quantitative estimate of drug-likeness (QED) is 0.742. The van der Waals surface area contributed by atoms with Crippen molar-refractivity contribution in [2.24, 2.45) is 0 Å². The molecular formula is C20H27NO4. The van der Waals surface area contributed by atoms with Crippen LogP contribution in [0.1, 0.15) is 50.5 Å². The Balaban J connectivity index is 1.65. The predicted octanol–water partition coefficient (Wildman–Crippen LogP) is 2.89. The lowest BCUT2D eigenvalue weighted by atomic mass is 9.98. The van der Waals surface area contributed by atoms with E-state index in [9.17, 15) is 9.59 Å². The summed E-state index contributed by atoms with van der Waals surface area (Å²) in [6, 6.07) is 10.5. The number of hydrogen-bond acceptors (Lipinski definition) is 5. The Kier molecular flexibility index (Phi) is 5.74. The summed E-state index contributed by atoms with van der Waals surface area (Å²) < 4.78 is 11.1. The van der Waals surface area contributed by atoms with Gasteiger partial charge in [0.25, 0.3) is 0 Å². The molecule has 136 valence electrons. The molecule has 0 spiro atoms. The number of carbonyl (C=O) groups is 2. The molecule has 1 aromatic carbocycles. The van der Waals surface area contributed by atoms with E-state index in [0.717, 1.165) is 18.4 Å². The summed E-state index contributed by atoms with van der Waals surface area (Å²) in [5.41, 5.74) is 0.826. The van der Waals surface area contributed by atoms with Crippen molar-refractivity contribution < 1.29 is 19.1 Å². The first-order chi connectivity index (χ1) is 12.1. The Morgan fingerprint density at radius 2 is 1.80 bits per heavy atom. The molecular weight excluding hydrogens is 318 g/mol. The number of carbonyl (C=O) groups excluding carboxylic acids is 2. The molecule has 0 N–H and O–H groups in total.